The first-order valence-electron chi connectivity index (χ1n) is 12.4. The lowest BCUT2D eigenvalue weighted by molar-refractivity contribution is -0.140. The lowest BCUT2D eigenvalue weighted by Gasteiger charge is -2.28. The van der Waals surface area contributed by atoms with E-state index in [0.717, 1.165) is 11.1 Å². The predicted molar refractivity (Wildman–Crippen MR) is 142 cm³/mol. The highest BCUT2D eigenvalue weighted by Gasteiger charge is 2.37. The van der Waals surface area contributed by atoms with Gasteiger partial charge in [-0.2, -0.15) is 0 Å². The van der Waals surface area contributed by atoms with E-state index in [-0.39, 0.29) is 23.5 Å². The Morgan fingerprint density at radius 2 is 1.51 bits per heavy atom. The lowest BCUT2D eigenvalue weighted by Crippen LogP contribution is -2.55. The van der Waals surface area contributed by atoms with E-state index >= 15 is 0 Å². The molecule has 3 atom stereocenters. The van der Waals surface area contributed by atoms with Crippen LogP contribution in [-0.2, 0) is 27.2 Å². The topological polar surface area (TPSA) is 125 Å². The molecule has 0 unspecified atom stereocenters. The summed E-state index contributed by atoms with van der Waals surface area (Å²) in [6.07, 6.45) is 1.78. The summed E-state index contributed by atoms with van der Waals surface area (Å²) in [5.41, 5.74) is 8.58. The van der Waals surface area contributed by atoms with Gasteiger partial charge in [-0.1, -0.05) is 60.7 Å². The van der Waals surface area contributed by atoms with Gasteiger partial charge in [0.2, 0.25) is 17.7 Å². The summed E-state index contributed by atoms with van der Waals surface area (Å²) in [7, 11) is 0. The van der Waals surface area contributed by atoms with Gasteiger partial charge >= 0.3 is 0 Å². The Bertz CT molecular complexity index is 1200. The Morgan fingerprint density at radius 3 is 2.19 bits per heavy atom. The van der Waals surface area contributed by atoms with E-state index in [1.54, 1.807) is 36.4 Å². The molecule has 0 radical (unpaired) electrons. The Morgan fingerprint density at radius 1 is 0.892 bits per heavy atom. The maximum Gasteiger partial charge on any atom is 0.247 e. The molecule has 37 heavy (non-hydrogen) atoms. The monoisotopic (exact) mass is 500 g/mol. The van der Waals surface area contributed by atoms with Gasteiger partial charge in [-0.15, -0.1) is 0 Å². The Hall–Kier alpha value is -4.17. The molecule has 3 amide bonds. The van der Waals surface area contributed by atoms with Crippen LogP contribution in [0.15, 0.2) is 84.9 Å². The number of para-hydroxylation sites is 1. The molecule has 0 saturated carbocycles. The van der Waals surface area contributed by atoms with Gasteiger partial charge < -0.3 is 26.4 Å². The average Bonchev–Trinajstić information content (AvgIpc) is 3.40. The quantitative estimate of drug-likeness (QED) is 0.360. The summed E-state index contributed by atoms with van der Waals surface area (Å²) in [5, 5.41) is 15.2. The molecule has 192 valence electrons. The van der Waals surface area contributed by atoms with Gasteiger partial charge in [0.15, 0.2) is 0 Å². The van der Waals surface area contributed by atoms with E-state index in [0.29, 0.717) is 37.9 Å². The fourth-order valence-electron chi connectivity index (χ4n) is 4.57. The summed E-state index contributed by atoms with van der Waals surface area (Å²) in [5.74, 6) is -0.865. The van der Waals surface area contributed by atoms with Crippen LogP contribution < -0.4 is 16.4 Å². The number of phenols is 1. The summed E-state index contributed by atoms with van der Waals surface area (Å²) >= 11 is 0. The molecule has 1 heterocycles. The van der Waals surface area contributed by atoms with E-state index in [9.17, 15) is 19.5 Å². The Kier molecular flexibility index (Phi) is 8.53. The van der Waals surface area contributed by atoms with Gasteiger partial charge in [0, 0.05) is 18.7 Å². The zero-order chi connectivity index (χ0) is 26.2. The predicted octanol–water partition coefficient (Wildman–Crippen LogP) is 2.62. The maximum absolute atomic E-state index is 13.4. The van der Waals surface area contributed by atoms with Crippen molar-refractivity contribution in [3.05, 3.63) is 96.1 Å². The van der Waals surface area contributed by atoms with E-state index in [2.05, 4.69) is 10.6 Å². The number of carbonyl (C=O) groups is 3. The van der Waals surface area contributed by atoms with Crippen LogP contribution >= 0.6 is 0 Å². The van der Waals surface area contributed by atoms with Crippen molar-refractivity contribution in [1.82, 2.24) is 10.2 Å². The number of nitrogens with one attached hydrogen (secondary N) is 2. The summed E-state index contributed by atoms with van der Waals surface area (Å²) < 4.78 is 0. The number of amides is 3. The number of carbonyl (C=O) groups excluding carboxylic acids is 3. The molecule has 8 nitrogen and oxygen atoms in total. The number of nitrogens with zero attached hydrogens (tertiary/aromatic N) is 1. The second-order valence-electron chi connectivity index (χ2n) is 9.27. The molecule has 1 saturated heterocycles. The second-order valence-corrected chi connectivity index (χ2v) is 9.27. The molecule has 0 bridgehead atoms. The van der Waals surface area contributed by atoms with Crippen molar-refractivity contribution < 1.29 is 19.5 Å². The smallest absolute Gasteiger partial charge is 0.247 e. The maximum atomic E-state index is 13.4. The number of likely N-dealkylation sites (tertiary alicyclic amines) is 1. The van der Waals surface area contributed by atoms with Crippen LogP contribution in [0.3, 0.4) is 0 Å². The number of rotatable bonds is 9. The number of benzene rings is 3. The van der Waals surface area contributed by atoms with E-state index in [1.807, 2.05) is 48.5 Å². The number of hydrogen-bond acceptors (Lipinski definition) is 5. The molecule has 4 rings (SSSR count). The largest absolute Gasteiger partial charge is 0.508 e. The van der Waals surface area contributed by atoms with Crippen LogP contribution in [0, 0.1) is 0 Å². The third kappa shape index (κ3) is 6.95. The van der Waals surface area contributed by atoms with Crippen molar-refractivity contribution >= 4 is 23.4 Å². The highest BCUT2D eigenvalue weighted by atomic mass is 16.3. The van der Waals surface area contributed by atoms with E-state index in [1.165, 1.54) is 4.90 Å². The number of hydrogen-bond donors (Lipinski definition) is 4. The zero-order valence-electron chi connectivity index (χ0n) is 20.5. The van der Waals surface area contributed by atoms with E-state index < -0.39 is 18.1 Å². The van der Waals surface area contributed by atoms with Crippen LogP contribution in [0.4, 0.5) is 5.69 Å². The fourth-order valence-corrected chi connectivity index (χ4v) is 4.57. The van der Waals surface area contributed by atoms with Crippen molar-refractivity contribution in [2.45, 2.75) is 43.8 Å². The number of aromatic hydroxyl groups is 1. The van der Waals surface area contributed by atoms with Crippen molar-refractivity contribution in [2.75, 3.05) is 11.9 Å². The molecule has 5 N–H and O–H groups in total. The van der Waals surface area contributed by atoms with Crippen LogP contribution in [-0.4, -0.2) is 52.4 Å². The summed E-state index contributed by atoms with van der Waals surface area (Å²) in [6, 6.07) is 22.7. The van der Waals surface area contributed by atoms with Gasteiger partial charge in [0.1, 0.15) is 17.8 Å². The van der Waals surface area contributed by atoms with Crippen molar-refractivity contribution in [1.29, 1.82) is 0 Å². The molecule has 8 heteroatoms. The van der Waals surface area contributed by atoms with Crippen LogP contribution in [0.5, 0.6) is 5.75 Å². The molecule has 0 aliphatic carbocycles. The van der Waals surface area contributed by atoms with Crippen LogP contribution in [0.2, 0.25) is 0 Å². The van der Waals surface area contributed by atoms with Crippen molar-refractivity contribution in [2.24, 2.45) is 5.73 Å². The SMILES string of the molecule is N[C@@H](Cc1ccc(O)cc1)C(=O)N1CCC[C@H]1C(=O)N[C@@H](Cc1ccccc1)C(=O)Nc1ccccc1. The van der Waals surface area contributed by atoms with Crippen LogP contribution in [0.25, 0.3) is 0 Å². The molecule has 1 fully saturated rings. The third-order valence-corrected chi connectivity index (χ3v) is 6.50. The number of phenolic OH excluding ortho intramolecular Hbond substituents is 1. The lowest BCUT2D eigenvalue weighted by atomic mass is 10.0. The summed E-state index contributed by atoms with van der Waals surface area (Å²) in [6.45, 7) is 0.430. The molecule has 3 aromatic carbocycles. The van der Waals surface area contributed by atoms with Gasteiger partial charge in [0.25, 0.3) is 0 Å². The molecule has 3 aromatic rings. The number of anilines is 1. The first-order valence-corrected chi connectivity index (χ1v) is 12.4. The van der Waals surface area contributed by atoms with E-state index in [4.69, 9.17) is 5.73 Å². The molecule has 0 spiro atoms. The van der Waals surface area contributed by atoms with Gasteiger partial charge in [0.05, 0.1) is 6.04 Å². The minimum atomic E-state index is -0.821. The second kappa shape index (κ2) is 12.2. The molecule has 1 aliphatic rings. The molecule has 1 aliphatic heterocycles. The van der Waals surface area contributed by atoms with Gasteiger partial charge in [-0.25, -0.2) is 0 Å². The third-order valence-electron chi connectivity index (χ3n) is 6.50. The van der Waals surface area contributed by atoms with Gasteiger partial charge in [-0.05, 0) is 54.7 Å². The molecule has 0 aromatic heterocycles. The average molecular weight is 501 g/mol. The first-order chi connectivity index (χ1) is 17.9. The van der Waals surface area contributed by atoms with Gasteiger partial charge in [-0.3, -0.25) is 14.4 Å². The first kappa shape index (κ1) is 25.9. The molecular weight excluding hydrogens is 468 g/mol. The van der Waals surface area contributed by atoms with Crippen molar-refractivity contribution in [3.8, 4) is 5.75 Å². The Labute approximate surface area is 216 Å². The Balaban J connectivity index is 1.44. The highest BCUT2D eigenvalue weighted by molar-refractivity contribution is 5.99. The summed E-state index contributed by atoms with van der Waals surface area (Å²) in [4.78, 5) is 41.3. The normalized spacial score (nSPS) is 16.6. The van der Waals surface area contributed by atoms with Crippen LogP contribution in [0.1, 0.15) is 24.0 Å². The minimum absolute atomic E-state index is 0.140. The number of nitrogens with two attached hydrogens (primary N) is 1. The highest BCUT2D eigenvalue weighted by Crippen LogP contribution is 2.20. The fraction of sp³-hybridized carbons (Fsp3) is 0.276. The minimum Gasteiger partial charge on any atom is -0.508 e. The zero-order valence-corrected chi connectivity index (χ0v) is 20.5. The van der Waals surface area contributed by atoms with Crippen molar-refractivity contribution in [3.63, 3.8) is 0 Å². The standard InChI is InChI=1S/C29H32N4O4/c30-24(18-21-13-15-23(34)16-14-21)29(37)33-17-7-12-26(33)28(36)32-25(19-20-8-3-1-4-9-20)27(35)31-22-10-5-2-6-11-22/h1-6,8-11,13-16,24-26,34H,7,12,17-19,30H2,(H,31,35)(H,32,36)/t24-,25-,26-/m0/s1. The molecular formula is C29H32N4O4.